The predicted octanol–water partition coefficient (Wildman–Crippen LogP) is 2.11. The highest BCUT2D eigenvalue weighted by Crippen LogP contribution is 2.35. The predicted molar refractivity (Wildman–Crippen MR) is 115 cm³/mol. The maximum Gasteiger partial charge on any atom is 0.330 e. The summed E-state index contributed by atoms with van der Waals surface area (Å²) in [5.41, 5.74) is -1.18. The summed E-state index contributed by atoms with van der Waals surface area (Å²) in [4.78, 5) is 38.5. The molecule has 0 spiro atoms. The van der Waals surface area contributed by atoms with Crippen LogP contribution >= 0.6 is 0 Å². The Hall–Kier alpha value is -1.81. The molecule has 1 aliphatic heterocycles. The summed E-state index contributed by atoms with van der Waals surface area (Å²) in [5.74, 6) is 0.0838. The van der Waals surface area contributed by atoms with Gasteiger partial charge in [0, 0.05) is 24.6 Å². The Labute approximate surface area is 183 Å². The first-order valence-corrected chi connectivity index (χ1v) is 10.8. The summed E-state index contributed by atoms with van der Waals surface area (Å²) in [6.45, 7) is 13.5. The number of hydrogen-bond donors (Lipinski definition) is 1. The zero-order chi connectivity index (χ0) is 23.3. The van der Waals surface area contributed by atoms with Crippen LogP contribution in [-0.4, -0.2) is 58.6 Å². The number of ketones is 1. The maximum absolute atomic E-state index is 12.6. The molecule has 9 nitrogen and oxygen atoms in total. The van der Waals surface area contributed by atoms with E-state index in [0.29, 0.717) is 12.0 Å². The minimum atomic E-state index is -0.840. The fourth-order valence-corrected chi connectivity index (χ4v) is 3.34. The Bertz CT molecular complexity index is 853. The number of rotatable bonds is 10. The van der Waals surface area contributed by atoms with E-state index in [1.807, 2.05) is 34.6 Å². The number of carbonyl (C=O) groups excluding carboxylic acids is 1. The number of aromatic nitrogens is 2. The second-order valence-electron chi connectivity index (χ2n) is 9.10. The molecule has 0 aromatic carbocycles. The molecular formula is C22H36N2O7. The molecule has 0 radical (unpaired) electrons. The minimum absolute atomic E-state index is 0.0162. The van der Waals surface area contributed by atoms with Crippen LogP contribution in [-0.2, 0) is 23.7 Å². The van der Waals surface area contributed by atoms with E-state index in [9.17, 15) is 14.4 Å². The third-order valence-corrected chi connectivity index (χ3v) is 4.87. The van der Waals surface area contributed by atoms with Gasteiger partial charge in [-0.3, -0.25) is 19.1 Å². The highest BCUT2D eigenvalue weighted by molar-refractivity contribution is 5.78. The molecule has 176 valence electrons. The largest absolute Gasteiger partial charge is 0.376 e. The molecule has 1 aromatic heterocycles. The molecule has 1 unspecified atom stereocenters. The zero-order valence-electron chi connectivity index (χ0n) is 19.6. The molecule has 2 rings (SSSR count). The fourth-order valence-electron chi connectivity index (χ4n) is 3.34. The quantitative estimate of drug-likeness (QED) is 0.593. The van der Waals surface area contributed by atoms with Gasteiger partial charge >= 0.3 is 5.69 Å². The lowest BCUT2D eigenvalue weighted by molar-refractivity contribution is -0.140. The summed E-state index contributed by atoms with van der Waals surface area (Å²) in [6, 6.07) is 0. The molecule has 0 aliphatic carbocycles. The standard InChI is InChI=1S/C22H36N2O7/c1-8-15(25)9-10-28-18-17(31-22(5,6)7)16(12-29-13(2)3)30-20(18)24-11-14(4)19(26)23-21(24)27/h11,13,16-18,20H,8-10,12H2,1-7H3,(H,23,26,27)/t16-,17+,18?,20-/m1/s1. The van der Waals surface area contributed by atoms with Gasteiger partial charge in [0.1, 0.15) is 24.1 Å². The summed E-state index contributed by atoms with van der Waals surface area (Å²) in [7, 11) is 0. The number of hydrogen-bond acceptors (Lipinski definition) is 7. The minimum Gasteiger partial charge on any atom is -0.376 e. The van der Waals surface area contributed by atoms with Crippen molar-refractivity contribution in [3.05, 3.63) is 32.6 Å². The van der Waals surface area contributed by atoms with Gasteiger partial charge in [0.25, 0.3) is 5.56 Å². The average Bonchev–Trinajstić information content (AvgIpc) is 2.98. The van der Waals surface area contributed by atoms with Crippen LogP contribution in [0.3, 0.4) is 0 Å². The van der Waals surface area contributed by atoms with Crippen LogP contribution in [0.15, 0.2) is 15.8 Å². The van der Waals surface area contributed by atoms with Crippen molar-refractivity contribution in [3.63, 3.8) is 0 Å². The molecular weight excluding hydrogens is 404 g/mol. The molecule has 1 N–H and O–H groups in total. The van der Waals surface area contributed by atoms with Crippen molar-refractivity contribution >= 4 is 5.78 Å². The number of aromatic amines is 1. The second-order valence-corrected chi connectivity index (χ2v) is 9.10. The summed E-state index contributed by atoms with van der Waals surface area (Å²) >= 11 is 0. The van der Waals surface area contributed by atoms with Gasteiger partial charge in [-0.1, -0.05) is 6.92 Å². The number of Topliss-reactive ketones (excluding diaryl/α,β-unsaturated/α-hetero) is 1. The van der Waals surface area contributed by atoms with Crippen LogP contribution < -0.4 is 11.2 Å². The summed E-state index contributed by atoms with van der Waals surface area (Å²) in [6.07, 6.45) is -0.428. The normalized spacial score (nSPS) is 24.1. The van der Waals surface area contributed by atoms with Crippen LogP contribution in [0, 0.1) is 6.92 Å². The summed E-state index contributed by atoms with van der Waals surface area (Å²) in [5, 5.41) is 0. The van der Waals surface area contributed by atoms with E-state index in [4.69, 9.17) is 18.9 Å². The van der Waals surface area contributed by atoms with E-state index in [0.717, 1.165) is 0 Å². The van der Waals surface area contributed by atoms with Crippen LogP contribution in [0.2, 0.25) is 0 Å². The van der Waals surface area contributed by atoms with Crippen molar-refractivity contribution in [2.24, 2.45) is 0 Å². The van der Waals surface area contributed by atoms with Gasteiger partial charge in [-0.2, -0.15) is 0 Å². The van der Waals surface area contributed by atoms with Crippen molar-refractivity contribution in [1.29, 1.82) is 0 Å². The molecule has 1 aliphatic rings. The van der Waals surface area contributed by atoms with Crippen molar-refractivity contribution in [3.8, 4) is 0 Å². The first-order chi connectivity index (χ1) is 14.4. The molecule has 0 amide bonds. The van der Waals surface area contributed by atoms with Gasteiger partial charge < -0.3 is 18.9 Å². The Morgan fingerprint density at radius 3 is 2.52 bits per heavy atom. The van der Waals surface area contributed by atoms with Gasteiger partial charge in [-0.05, 0) is 41.5 Å². The monoisotopic (exact) mass is 440 g/mol. The van der Waals surface area contributed by atoms with Gasteiger partial charge in [0.05, 0.1) is 24.9 Å². The van der Waals surface area contributed by atoms with Gasteiger partial charge in [0.15, 0.2) is 6.23 Å². The molecule has 1 aromatic rings. The van der Waals surface area contributed by atoms with E-state index in [2.05, 4.69) is 4.98 Å². The van der Waals surface area contributed by atoms with Crippen LogP contribution in [0.4, 0.5) is 0 Å². The lowest BCUT2D eigenvalue weighted by Crippen LogP contribution is -2.44. The van der Waals surface area contributed by atoms with E-state index < -0.39 is 41.4 Å². The molecule has 0 saturated carbocycles. The molecule has 1 saturated heterocycles. The van der Waals surface area contributed by atoms with Crippen molar-refractivity contribution in [1.82, 2.24) is 9.55 Å². The van der Waals surface area contributed by atoms with E-state index >= 15 is 0 Å². The maximum atomic E-state index is 12.6. The average molecular weight is 441 g/mol. The van der Waals surface area contributed by atoms with Crippen LogP contribution in [0.5, 0.6) is 0 Å². The van der Waals surface area contributed by atoms with Gasteiger partial charge in [-0.25, -0.2) is 4.79 Å². The Morgan fingerprint density at radius 1 is 1.26 bits per heavy atom. The lowest BCUT2D eigenvalue weighted by Gasteiger charge is -2.31. The molecule has 1 fully saturated rings. The number of carbonyl (C=O) groups is 1. The topological polar surface area (TPSA) is 109 Å². The molecule has 0 bridgehead atoms. The Balaban J connectivity index is 2.41. The fraction of sp³-hybridized carbons (Fsp3) is 0.773. The molecule has 2 heterocycles. The number of aryl methyl sites for hydroxylation is 1. The second kappa shape index (κ2) is 10.7. The first-order valence-electron chi connectivity index (χ1n) is 10.8. The Morgan fingerprint density at radius 2 is 1.94 bits per heavy atom. The van der Waals surface area contributed by atoms with Crippen LogP contribution in [0.25, 0.3) is 0 Å². The highest BCUT2D eigenvalue weighted by atomic mass is 16.6. The lowest BCUT2D eigenvalue weighted by atomic mass is 10.1. The molecule has 31 heavy (non-hydrogen) atoms. The third kappa shape index (κ3) is 7.10. The Kier molecular flexibility index (Phi) is 8.76. The van der Waals surface area contributed by atoms with Gasteiger partial charge in [0.2, 0.25) is 0 Å². The van der Waals surface area contributed by atoms with Crippen LogP contribution in [0.1, 0.15) is 66.2 Å². The molecule has 4 atom stereocenters. The van der Waals surface area contributed by atoms with Crippen molar-refractivity contribution in [2.75, 3.05) is 13.2 Å². The van der Waals surface area contributed by atoms with E-state index in [1.54, 1.807) is 13.8 Å². The SMILES string of the molecule is CCC(=O)CCOC1[C@@H](OC(C)(C)C)[C@@H](COC(C)C)O[C@H]1n1cc(C)c(=O)[nH]c1=O. The smallest absolute Gasteiger partial charge is 0.330 e. The van der Waals surface area contributed by atoms with Gasteiger partial charge in [-0.15, -0.1) is 0 Å². The highest BCUT2D eigenvalue weighted by Gasteiger charge is 2.49. The number of ether oxygens (including phenoxy) is 4. The third-order valence-electron chi connectivity index (χ3n) is 4.87. The number of nitrogens with zero attached hydrogens (tertiary/aromatic N) is 1. The van der Waals surface area contributed by atoms with E-state index in [-0.39, 0.29) is 31.5 Å². The van der Waals surface area contributed by atoms with E-state index in [1.165, 1.54) is 10.8 Å². The number of nitrogens with one attached hydrogen (secondary N) is 1. The summed E-state index contributed by atoms with van der Waals surface area (Å²) < 4.78 is 25.7. The molecule has 9 heteroatoms. The number of H-pyrrole nitrogens is 1. The first kappa shape index (κ1) is 25.5. The van der Waals surface area contributed by atoms with Crippen molar-refractivity contribution < 1.29 is 23.7 Å². The van der Waals surface area contributed by atoms with Crippen molar-refractivity contribution in [2.45, 2.75) is 97.6 Å². The zero-order valence-corrected chi connectivity index (χ0v) is 19.6.